The molecule has 0 unspecified atom stereocenters. The number of hydrogen-bond donors (Lipinski definition) is 1. The van der Waals surface area contributed by atoms with Crippen molar-refractivity contribution in [1.82, 2.24) is 4.72 Å². The molecule has 37 heavy (non-hydrogen) atoms. The highest BCUT2D eigenvalue weighted by atomic mass is 32.2. The smallest absolute Gasteiger partial charge is 0.336 e. The standard InChI is InChI=1S/C31H29NO4S/c1-3-36-31(33)29(28(24-13-7-4-8-14-24)25-15-9-5-10-16-25)30(26-17-11-6-12-18-26)32-37(34,35)27-21-19-23(2)20-22-27/h4-22,30,32H,3H2,1-2H3/t30-/m0/s1. The summed E-state index contributed by atoms with van der Waals surface area (Å²) in [7, 11) is -4.01. The molecule has 1 atom stereocenters. The molecule has 1 N–H and O–H groups in total. The van der Waals surface area contributed by atoms with Gasteiger partial charge in [0.05, 0.1) is 23.1 Å². The minimum atomic E-state index is -4.01. The van der Waals surface area contributed by atoms with Crippen LogP contribution in [0, 0.1) is 6.92 Å². The van der Waals surface area contributed by atoms with Crippen molar-refractivity contribution in [2.75, 3.05) is 6.61 Å². The Morgan fingerprint density at radius 2 is 1.24 bits per heavy atom. The van der Waals surface area contributed by atoms with Gasteiger partial charge in [0.25, 0.3) is 0 Å². The van der Waals surface area contributed by atoms with Crippen LogP contribution in [0.4, 0.5) is 0 Å². The second-order valence-corrected chi connectivity index (χ2v) is 10.2. The van der Waals surface area contributed by atoms with Crippen LogP contribution in [0.25, 0.3) is 5.57 Å². The number of sulfonamides is 1. The van der Waals surface area contributed by atoms with Gasteiger partial charge in [0.2, 0.25) is 10.0 Å². The van der Waals surface area contributed by atoms with Crippen molar-refractivity contribution in [1.29, 1.82) is 0 Å². The summed E-state index contributed by atoms with van der Waals surface area (Å²) in [5.74, 6) is -0.592. The maximum Gasteiger partial charge on any atom is 0.336 e. The minimum absolute atomic E-state index is 0.114. The lowest BCUT2D eigenvalue weighted by atomic mass is 9.87. The SMILES string of the molecule is CCOC(=O)C(=C(c1ccccc1)c1ccccc1)[C@@H](NS(=O)(=O)c1ccc(C)cc1)c1ccccc1. The molecule has 0 spiro atoms. The predicted molar refractivity (Wildman–Crippen MR) is 146 cm³/mol. The largest absolute Gasteiger partial charge is 0.463 e. The van der Waals surface area contributed by atoms with E-state index < -0.39 is 22.0 Å². The van der Waals surface area contributed by atoms with Gasteiger partial charge in [-0.1, -0.05) is 109 Å². The Balaban J connectivity index is 2.01. The van der Waals surface area contributed by atoms with E-state index in [1.807, 2.05) is 85.8 Å². The zero-order valence-corrected chi connectivity index (χ0v) is 21.6. The molecule has 188 valence electrons. The van der Waals surface area contributed by atoms with E-state index in [-0.39, 0.29) is 17.1 Å². The summed E-state index contributed by atoms with van der Waals surface area (Å²) in [4.78, 5) is 13.8. The van der Waals surface area contributed by atoms with Crippen molar-refractivity contribution < 1.29 is 17.9 Å². The molecular formula is C31H29NO4S. The number of aryl methyl sites for hydroxylation is 1. The number of rotatable bonds is 9. The van der Waals surface area contributed by atoms with Gasteiger partial charge in [-0.05, 0) is 42.7 Å². The van der Waals surface area contributed by atoms with Crippen LogP contribution in [0.1, 0.15) is 35.2 Å². The van der Waals surface area contributed by atoms with Crippen LogP contribution in [0.3, 0.4) is 0 Å². The van der Waals surface area contributed by atoms with Gasteiger partial charge in [0.15, 0.2) is 0 Å². The lowest BCUT2D eigenvalue weighted by Crippen LogP contribution is -2.33. The molecule has 4 aromatic carbocycles. The summed E-state index contributed by atoms with van der Waals surface area (Å²) in [5.41, 5.74) is 3.91. The summed E-state index contributed by atoms with van der Waals surface area (Å²) in [6.45, 7) is 3.77. The van der Waals surface area contributed by atoms with E-state index in [1.54, 1.807) is 43.3 Å². The first-order valence-corrected chi connectivity index (χ1v) is 13.5. The molecule has 0 aliphatic carbocycles. The molecule has 6 heteroatoms. The fraction of sp³-hybridized carbons (Fsp3) is 0.129. The number of nitrogens with one attached hydrogen (secondary N) is 1. The number of carbonyl (C=O) groups is 1. The second-order valence-electron chi connectivity index (χ2n) is 8.52. The van der Waals surface area contributed by atoms with Gasteiger partial charge in [0, 0.05) is 5.57 Å². The average molecular weight is 512 g/mol. The van der Waals surface area contributed by atoms with E-state index >= 15 is 0 Å². The Labute approximate surface area is 218 Å². The van der Waals surface area contributed by atoms with Gasteiger partial charge >= 0.3 is 5.97 Å². The molecule has 0 heterocycles. The van der Waals surface area contributed by atoms with Crippen LogP contribution in [0.2, 0.25) is 0 Å². The summed E-state index contributed by atoms with van der Waals surface area (Å²) in [6, 6.07) is 33.6. The Morgan fingerprint density at radius 3 is 1.73 bits per heavy atom. The fourth-order valence-corrected chi connectivity index (χ4v) is 5.33. The zero-order chi connectivity index (χ0) is 26.3. The van der Waals surface area contributed by atoms with Gasteiger partial charge < -0.3 is 4.74 Å². The monoisotopic (exact) mass is 511 g/mol. The Morgan fingerprint density at radius 1 is 0.757 bits per heavy atom. The average Bonchev–Trinajstić information content (AvgIpc) is 2.92. The van der Waals surface area contributed by atoms with Gasteiger partial charge in [-0.2, -0.15) is 4.72 Å². The van der Waals surface area contributed by atoms with Crippen LogP contribution in [0.5, 0.6) is 0 Å². The molecule has 0 fully saturated rings. The molecule has 0 aliphatic heterocycles. The van der Waals surface area contributed by atoms with E-state index in [2.05, 4.69) is 4.72 Å². The van der Waals surface area contributed by atoms with Crippen molar-refractivity contribution in [3.05, 3.63) is 143 Å². The molecule has 4 rings (SSSR count). The van der Waals surface area contributed by atoms with Crippen molar-refractivity contribution in [2.24, 2.45) is 0 Å². The van der Waals surface area contributed by atoms with E-state index in [4.69, 9.17) is 4.74 Å². The number of carbonyl (C=O) groups excluding carboxylic acids is 1. The number of esters is 1. The van der Waals surface area contributed by atoms with Crippen molar-refractivity contribution in [2.45, 2.75) is 24.8 Å². The maximum absolute atomic E-state index is 13.7. The molecule has 5 nitrogen and oxygen atoms in total. The summed E-state index contributed by atoms with van der Waals surface area (Å²) >= 11 is 0. The van der Waals surface area contributed by atoms with Crippen molar-refractivity contribution >= 4 is 21.6 Å². The van der Waals surface area contributed by atoms with Crippen LogP contribution in [-0.2, 0) is 19.6 Å². The molecule has 0 saturated carbocycles. The number of ether oxygens (including phenoxy) is 1. The number of benzene rings is 4. The minimum Gasteiger partial charge on any atom is -0.463 e. The third-order valence-electron chi connectivity index (χ3n) is 5.92. The first-order valence-electron chi connectivity index (χ1n) is 12.1. The highest BCUT2D eigenvalue weighted by molar-refractivity contribution is 7.89. The molecule has 4 aromatic rings. The van der Waals surface area contributed by atoms with Crippen molar-refractivity contribution in [3.63, 3.8) is 0 Å². The van der Waals surface area contributed by atoms with Gasteiger partial charge in [-0.3, -0.25) is 0 Å². The Hall–Kier alpha value is -4.00. The molecular weight excluding hydrogens is 482 g/mol. The third-order valence-corrected chi connectivity index (χ3v) is 7.35. The first-order chi connectivity index (χ1) is 17.9. The molecule has 0 amide bonds. The summed E-state index contributed by atoms with van der Waals surface area (Å²) in [5, 5.41) is 0. The van der Waals surface area contributed by atoms with Gasteiger partial charge in [-0.25, -0.2) is 13.2 Å². The van der Waals surface area contributed by atoms with Crippen molar-refractivity contribution in [3.8, 4) is 0 Å². The van der Waals surface area contributed by atoms with Crippen LogP contribution in [-0.4, -0.2) is 21.0 Å². The fourth-order valence-electron chi connectivity index (χ4n) is 4.14. The topological polar surface area (TPSA) is 72.5 Å². The second kappa shape index (κ2) is 11.8. The molecule has 0 radical (unpaired) electrons. The Bertz CT molecular complexity index is 1420. The first kappa shape index (κ1) is 26.1. The normalized spacial score (nSPS) is 11.9. The van der Waals surface area contributed by atoms with E-state index in [0.717, 1.165) is 16.7 Å². The lowest BCUT2D eigenvalue weighted by molar-refractivity contribution is -0.138. The molecule has 0 bridgehead atoms. The zero-order valence-electron chi connectivity index (χ0n) is 20.8. The van der Waals surface area contributed by atoms with Gasteiger partial charge in [-0.15, -0.1) is 0 Å². The predicted octanol–water partition coefficient (Wildman–Crippen LogP) is 6.08. The highest BCUT2D eigenvalue weighted by Crippen LogP contribution is 2.36. The van der Waals surface area contributed by atoms with E-state index in [0.29, 0.717) is 11.1 Å². The van der Waals surface area contributed by atoms with Crippen LogP contribution >= 0.6 is 0 Å². The molecule has 0 aromatic heterocycles. The van der Waals surface area contributed by atoms with E-state index in [1.165, 1.54) is 0 Å². The quantitative estimate of drug-likeness (QED) is 0.218. The summed E-state index contributed by atoms with van der Waals surface area (Å²) in [6.07, 6.45) is 0. The maximum atomic E-state index is 13.7. The molecule has 0 aliphatic rings. The number of hydrogen-bond acceptors (Lipinski definition) is 4. The molecule has 0 saturated heterocycles. The van der Waals surface area contributed by atoms with Gasteiger partial charge in [0.1, 0.15) is 0 Å². The lowest BCUT2D eigenvalue weighted by Gasteiger charge is -2.25. The van der Waals surface area contributed by atoms with E-state index in [9.17, 15) is 13.2 Å². The van der Waals surface area contributed by atoms with Crippen LogP contribution < -0.4 is 4.72 Å². The Kier molecular flexibility index (Phi) is 8.33. The van der Waals surface area contributed by atoms with Crippen LogP contribution in [0.15, 0.2) is 126 Å². The summed E-state index contributed by atoms with van der Waals surface area (Å²) < 4.78 is 35.6. The highest BCUT2D eigenvalue weighted by Gasteiger charge is 2.32. The third kappa shape index (κ3) is 6.23.